The molecule has 5 heteroatoms. The van der Waals surface area contributed by atoms with Gasteiger partial charge < -0.3 is 5.73 Å². The van der Waals surface area contributed by atoms with Crippen LogP contribution in [0.4, 0.5) is 13.2 Å². The van der Waals surface area contributed by atoms with Gasteiger partial charge in [0.1, 0.15) is 0 Å². The van der Waals surface area contributed by atoms with Crippen molar-refractivity contribution < 1.29 is 13.2 Å². The molecule has 1 rings (SSSR count). The van der Waals surface area contributed by atoms with E-state index in [1.54, 1.807) is 6.07 Å². The summed E-state index contributed by atoms with van der Waals surface area (Å²) in [5.74, 6) is 0. The summed E-state index contributed by atoms with van der Waals surface area (Å²) in [5, 5.41) is 0. The fourth-order valence-electron chi connectivity index (χ4n) is 1.19. The van der Waals surface area contributed by atoms with Crippen molar-refractivity contribution in [3.8, 4) is 0 Å². The minimum absolute atomic E-state index is 0.213. The van der Waals surface area contributed by atoms with Crippen LogP contribution in [-0.4, -0.2) is 6.54 Å². The summed E-state index contributed by atoms with van der Waals surface area (Å²) in [6.45, 7) is 0.213. The molecule has 1 aromatic carbocycles. The molecule has 0 atom stereocenters. The number of rotatable bonds is 2. The zero-order valence-electron chi connectivity index (χ0n) is 7.24. The average molecular weight is 268 g/mol. The third kappa shape index (κ3) is 2.72. The van der Waals surface area contributed by atoms with Crippen LogP contribution in [0.5, 0.6) is 0 Å². The van der Waals surface area contributed by atoms with E-state index in [2.05, 4.69) is 15.9 Å². The maximum absolute atomic E-state index is 12.5. The molecular weight excluding hydrogens is 259 g/mol. The topological polar surface area (TPSA) is 26.0 Å². The first-order chi connectivity index (χ1) is 6.45. The van der Waals surface area contributed by atoms with Gasteiger partial charge in [-0.3, -0.25) is 0 Å². The number of hydrogen-bond donors (Lipinski definition) is 1. The lowest BCUT2D eigenvalue weighted by molar-refractivity contribution is -0.138. The first-order valence-corrected chi connectivity index (χ1v) is 4.80. The first-order valence-electron chi connectivity index (χ1n) is 4.01. The van der Waals surface area contributed by atoms with E-state index in [-0.39, 0.29) is 18.5 Å². The van der Waals surface area contributed by atoms with Crippen molar-refractivity contribution in [3.05, 3.63) is 33.8 Å². The van der Waals surface area contributed by atoms with Gasteiger partial charge in [-0.25, -0.2) is 0 Å². The minimum Gasteiger partial charge on any atom is -0.330 e. The highest BCUT2D eigenvalue weighted by Gasteiger charge is 2.33. The molecule has 0 unspecified atom stereocenters. The van der Waals surface area contributed by atoms with Gasteiger partial charge in [0.15, 0.2) is 0 Å². The van der Waals surface area contributed by atoms with Crippen molar-refractivity contribution in [3.63, 3.8) is 0 Å². The Morgan fingerprint density at radius 3 is 2.43 bits per heavy atom. The predicted octanol–water partition coefficient (Wildman–Crippen LogP) is 2.97. The van der Waals surface area contributed by atoms with Crippen LogP contribution >= 0.6 is 15.9 Å². The van der Waals surface area contributed by atoms with Gasteiger partial charge in [-0.1, -0.05) is 22.0 Å². The third-order valence-corrected chi connectivity index (χ3v) is 2.28. The summed E-state index contributed by atoms with van der Waals surface area (Å²) in [5.41, 5.74) is 4.86. The minimum atomic E-state index is -4.31. The first kappa shape index (κ1) is 11.5. The molecule has 0 spiro atoms. The summed E-state index contributed by atoms with van der Waals surface area (Å²) in [6.07, 6.45) is -4.07. The van der Waals surface area contributed by atoms with Gasteiger partial charge in [0.2, 0.25) is 0 Å². The Morgan fingerprint density at radius 1 is 1.29 bits per heavy atom. The van der Waals surface area contributed by atoms with Crippen LogP contribution in [0.1, 0.15) is 11.1 Å². The second kappa shape index (κ2) is 4.31. The lowest BCUT2D eigenvalue weighted by Crippen LogP contribution is -2.12. The van der Waals surface area contributed by atoms with Crippen LogP contribution in [-0.2, 0) is 12.6 Å². The molecular formula is C9H9BrF3N. The number of nitrogens with two attached hydrogens (primary N) is 1. The highest BCUT2D eigenvalue weighted by atomic mass is 79.9. The Morgan fingerprint density at radius 2 is 1.93 bits per heavy atom. The van der Waals surface area contributed by atoms with Gasteiger partial charge in [0, 0.05) is 4.47 Å². The molecule has 0 aromatic heterocycles. The van der Waals surface area contributed by atoms with Gasteiger partial charge in [-0.2, -0.15) is 13.2 Å². The van der Waals surface area contributed by atoms with Crippen molar-refractivity contribution in [1.29, 1.82) is 0 Å². The van der Waals surface area contributed by atoms with Crippen LogP contribution in [0.3, 0.4) is 0 Å². The average Bonchev–Trinajstić information content (AvgIpc) is 2.07. The third-order valence-electron chi connectivity index (χ3n) is 1.79. The smallest absolute Gasteiger partial charge is 0.330 e. The summed E-state index contributed by atoms with van der Waals surface area (Å²) < 4.78 is 37.9. The Balaban J connectivity index is 3.16. The van der Waals surface area contributed by atoms with Gasteiger partial charge in [0.25, 0.3) is 0 Å². The lowest BCUT2D eigenvalue weighted by Gasteiger charge is -2.12. The normalized spacial score (nSPS) is 11.8. The standard InChI is InChI=1S/C9H9BrF3N/c10-7-2-1-6(3-4-14)8(5-7)9(11,12)13/h1-2,5H,3-4,14H2. The SMILES string of the molecule is NCCc1ccc(Br)cc1C(F)(F)F. The molecule has 0 saturated heterocycles. The number of benzene rings is 1. The molecule has 0 bridgehead atoms. The quantitative estimate of drug-likeness (QED) is 0.876. The molecule has 0 aliphatic heterocycles. The van der Waals surface area contributed by atoms with E-state index >= 15 is 0 Å². The Kier molecular flexibility index (Phi) is 3.55. The summed E-state index contributed by atoms with van der Waals surface area (Å²) in [6, 6.07) is 4.10. The monoisotopic (exact) mass is 267 g/mol. The fourth-order valence-corrected chi connectivity index (χ4v) is 1.55. The van der Waals surface area contributed by atoms with Crippen LogP contribution in [0, 0.1) is 0 Å². The van der Waals surface area contributed by atoms with Crippen molar-refractivity contribution in [2.24, 2.45) is 5.73 Å². The molecule has 0 fully saturated rings. The van der Waals surface area contributed by atoms with E-state index < -0.39 is 11.7 Å². The Labute approximate surface area is 88.2 Å². The maximum atomic E-state index is 12.5. The lowest BCUT2D eigenvalue weighted by atomic mass is 10.0. The van der Waals surface area contributed by atoms with Crippen LogP contribution in [0.25, 0.3) is 0 Å². The Hall–Kier alpha value is -0.550. The fraction of sp³-hybridized carbons (Fsp3) is 0.333. The number of halogens is 4. The zero-order chi connectivity index (χ0) is 10.8. The second-order valence-corrected chi connectivity index (χ2v) is 3.75. The van der Waals surface area contributed by atoms with Gasteiger partial charge >= 0.3 is 6.18 Å². The highest BCUT2D eigenvalue weighted by molar-refractivity contribution is 9.10. The summed E-state index contributed by atoms with van der Waals surface area (Å²) in [4.78, 5) is 0. The van der Waals surface area contributed by atoms with Crippen molar-refractivity contribution >= 4 is 15.9 Å². The van der Waals surface area contributed by atoms with Crippen molar-refractivity contribution in [1.82, 2.24) is 0 Å². The Bertz CT molecular complexity index is 322. The molecule has 1 nitrogen and oxygen atoms in total. The molecule has 0 aliphatic carbocycles. The van der Waals surface area contributed by atoms with Crippen LogP contribution in [0.15, 0.2) is 22.7 Å². The summed E-state index contributed by atoms with van der Waals surface area (Å²) in [7, 11) is 0. The molecule has 0 amide bonds. The van der Waals surface area contributed by atoms with Crippen LogP contribution < -0.4 is 5.73 Å². The molecule has 0 aliphatic rings. The van der Waals surface area contributed by atoms with Crippen molar-refractivity contribution in [2.45, 2.75) is 12.6 Å². The zero-order valence-corrected chi connectivity index (χ0v) is 8.82. The van der Waals surface area contributed by atoms with E-state index in [1.807, 2.05) is 0 Å². The molecule has 0 saturated carbocycles. The molecule has 0 radical (unpaired) electrons. The highest BCUT2D eigenvalue weighted by Crippen LogP contribution is 2.33. The number of hydrogen-bond acceptors (Lipinski definition) is 1. The molecule has 14 heavy (non-hydrogen) atoms. The molecule has 1 aromatic rings. The largest absolute Gasteiger partial charge is 0.416 e. The predicted molar refractivity (Wildman–Crippen MR) is 51.9 cm³/mol. The van der Waals surface area contributed by atoms with E-state index in [0.29, 0.717) is 4.47 Å². The van der Waals surface area contributed by atoms with Crippen molar-refractivity contribution in [2.75, 3.05) is 6.54 Å². The van der Waals surface area contributed by atoms with E-state index in [9.17, 15) is 13.2 Å². The maximum Gasteiger partial charge on any atom is 0.416 e. The van der Waals surface area contributed by atoms with Gasteiger partial charge in [-0.15, -0.1) is 0 Å². The second-order valence-electron chi connectivity index (χ2n) is 2.84. The van der Waals surface area contributed by atoms with E-state index in [1.165, 1.54) is 6.07 Å². The molecule has 78 valence electrons. The summed E-state index contributed by atoms with van der Waals surface area (Å²) >= 11 is 3.01. The van der Waals surface area contributed by atoms with Gasteiger partial charge in [-0.05, 0) is 30.7 Å². The van der Waals surface area contributed by atoms with Crippen LogP contribution in [0.2, 0.25) is 0 Å². The molecule has 2 N–H and O–H groups in total. The molecule has 0 heterocycles. The number of alkyl halides is 3. The van der Waals surface area contributed by atoms with E-state index in [4.69, 9.17) is 5.73 Å². The van der Waals surface area contributed by atoms with Gasteiger partial charge in [0.05, 0.1) is 5.56 Å². The van der Waals surface area contributed by atoms with E-state index in [0.717, 1.165) is 6.07 Å².